The molecular weight excluding hydrogens is 383 g/mol. The van der Waals surface area contributed by atoms with Gasteiger partial charge < -0.3 is 0 Å². The largest absolute Gasteiger partial charge is 0.417 e. The number of hydrogen-bond donors (Lipinski definition) is 1. The normalized spacial score (nSPS) is 12.3. The van der Waals surface area contributed by atoms with Crippen LogP contribution in [0.2, 0.25) is 0 Å². The third-order valence-corrected chi connectivity index (χ3v) is 4.79. The predicted octanol–water partition coefficient (Wildman–Crippen LogP) is 2.88. The van der Waals surface area contributed by atoms with E-state index in [2.05, 4.69) is 4.98 Å². The summed E-state index contributed by atoms with van der Waals surface area (Å²) >= 11 is 0. The summed E-state index contributed by atoms with van der Waals surface area (Å²) in [5.41, 5.74) is -1.07. The first kappa shape index (κ1) is 20.1. The van der Waals surface area contributed by atoms with Crippen LogP contribution in [-0.2, 0) is 21.0 Å². The fourth-order valence-electron chi connectivity index (χ4n) is 2.14. The van der Waals surface area contributed by atoms with Gasteiger partial charge in [0.05, 0.1) is 22.1 Å². The minimum atomic E-state index is -4.92. The van der Waals surface area contributed by atoms with E-state index in [9.17, 15) is 26.4 Å². The van der Waals surface area contributed by atoms with E-state index in [1.165, 1.54) is 18.5 Å². The minimum absolute atomic E-state index is 0.313. The smallest absolute Gasteiger partial charge is 0.269 e. The molecule has 0 unspecified atom stereocenters. The summed E-state index contributed by atoms with van der Waals surface area (Å²) < 4.78 is 65.0. The molecule has 0 spiro atoms. The zero-order valence-electron chi connectivity index (χ0n) is 13.8. The van der Waals surface area contributed by atoms with Gasteiger partial charge in [0.1, 0.15) is 0 Å². The van der Waals surface area contributed by atoms with Crippen molar-refractivity contribution in [2.75, 3.05) is 0 Å². The highest BCUT2D eigenvalue weighted by molar-refractivity contribution is 7.90. The summed E-state index contributed by atoms with van der Waals surface area (Å²) in [6.45, 7) is 1.56. The maximum atomic E-state index is 13.0. The number of alkyl halides is 3. The lowest BCUT2D eigenvalue weighted by Crippen LogP contribution is -2.29. The van der Waals surface area contributed by atoms with Crippen LogP contribution in [0.25, 0.3) is 5.57 Å². The number of aromatic nitrogens is 1. The highest BCUT2D eigenvalue weighted by atomic mass is 32.2. The number of halogens is 3. The molecule has 0 fully saturated rings. The summed E-state index contributed by atoms with van der Waals surface area (Å²) in [6.07, 6.45) is -0.951. The molecule has 0 atom stereocenters. The summed E-state index contributed by atoms with van der Waals surface area (Å²) in [7, 11) is -4.56. The summed E-state index contributed by atoms with van der Waals surface area (Å²) in [5.74, 6) is -1.03. The van der Waals surface area contributed by atoms with Crippen molar-refractivity contribution in [3.05, 3.63) is 65.5 Å². The number of sulfonamides is 1. The molecule has 0 aliphatic rings. The molecule has 1 N–H and O–H groups in total. The van der Waals surface area contributed by atoms with Gasteiger partial charge in [0.2, 0.25) is 0 Å². The third kappa shape index (κ3) is 4.92. The van der Waals surface area contributed by atoms with Crippen LogP contribution in [0, 0.1) is 11.3 Å². The lowest BCUT2D eigenvalue weighted by Gasteiger charge is -2.11. The minimum Gasteiger partial charge on any atom is -0.269 e. The molecule has 1 heterocycles. The Morgan fingerprint density at radius 2 is 1.85 bits per heavy atom. The van der Waals surface area contributed by atoms with Crippen molar-refractivity contribution in [1.82, 2.24) is 9.71 Å². The van der Waals surface area contributed by atoms with Gasteiger partial charge in [-0.15, -0.1) is 0 Å². The van der Waals surface area contributed by atoms with Crippen molar-refractivity contribution in [2.24, 2.45) is 0 Å². The Labute approximate surface area is 153 Å². The van der Waals surface area contributed by atoms with E-state index in [1.807, 2.05) is 0 Å². The number of carbonyl (C=O) groups excluding carboxylic acids is 1. The van der Waals surface area contributed by atoms with Gasteiger partial charge in [0.25, 0.3) is 15.9 Å². The van der Waals surface area contributed by atoms with Crippen molar-refractivity contribution in [3.8, 4) is 6.07 Å². The van der Waals surface area contributed by atoms with E-state index in [0.29, 0.717) is 17.2 Å². The number of amides is 1. The number of nitriles is 1. The topological polar surface area (TPSA) is 99.9 Å². The quantitative estimate of drug-likeness (QED) is 0.803. The van der Waals surface area contributed by atoms with Crippen molar-refractivity contribution in [3.63, 3.8) is 0 Å². The van der Waals surface area contributed by atoms with Gasteiger partial charge in [-0.1, -0.05) is 0 Å². The molecule has 2 aromatic rings. The van der Waals surface area contributed by atoms with Crippen LogP contribution in [0.15, 0.2) is 53.7 Å². The van der Waals surface area contributed by atoms with E-state index < -0.39 is 38.1 Å². The molecule has 1 aromatic heterocycles. The van der Waals surface area contributed by atoms with Crippen LogP contribution < -0.4 is 4.72 Å². The number of benzene rings is 1. The summed E-state index contributed by atoms with van der Waals surface area (Å²) in [5, 5.41) is 8.75. The molecule has 1 aromatic carbocycles. The molecule has 0 aliphatic heterocycles. The highest BCUT2D eigenvalue weighted by Gasteiger charge is 2.35. The van der Waals surface area contributed by atoms with Gasteiger partial charge in [-0.2, -0.15) is 18.4 Å². The number of nitrogens with zero attached hydrogens (tertiary/aromatic N) is 2. The second kappa shape index (κ2) is 7.59. The van der Waals surface area contributed by atoms with Crippen molar-refractivity contribution >= 4 is 21.5 Å². The SMILES string of the molecule is C/C(=C/C(=O)NS(=O)(=O)c1ccc(C#N)c(C(F)(F)F)c1)c1ccncc1. The molecule has 2 rings (SSSR count). The lowest BCUT2D eigenvalue weighted by molar-refractivity contribution is -0.137. The maximum Gasteiger partial charge on any atom is 0.417 e. The van der Waals surface area contributed by atoms with E-state index in [1.54, 1.807) is 23.8 Å². The molecule has 0 bridgehead atoms. The zero-order valence-corrected chi connectivity index (χ0v) is 14.6. The van der Waals surface area contributed by atoms with Gasteiger partial charge in [0.15, 0.2) is 0 Å². The van der Waals surface area contributed by atoms with E-state index in [0.717, 1.165) is 18.2 Å². The van der Waals surface area contributed by atoms with Crippen molar-refractivity contribution in [2.45, 2.75) is 18.0 Å². The Hall–Kier alpha value is -3.19. The maximum absolute atomic E-state index is 13.0. The number of nitrogens with one attached hydrogen (secondary N) is 1. The molecule has 27 heavy (non-hydrogen) atoms. The second-order valence-corrected chi connectivity index (χ2v) is 7.03. The Morgan fingerprint density at radius 3 is 2.41 bits per heavy atom. The lowest BCUT2D eigenvalue weighted by atomic mass is 10.1. The van der Waals surface area contributed by atoms with E-state index in [4.69, 9.17) is 5.26 Å². The van der Waals surface area contributed by atoms with Crippen molar-refractivity contribution < 1.29 is 26.4 Å². The number of pyridine rings is 1. The third-order valence-electron chi connectivity index (χ3n) is 3.45. The molecule has 140 valence electrons. The Balaban J connectivity index is 2.32. The molecular formula is C17H12F3N3O3S. The van der Waals surface area contributed by atoms with Crippen LogP contribution in [0.5, 0.6) is 0 Å². The molecule has 0 aliphatic carbocycles. The summed E-state index contributed by atoms with van der Waals surface area (Å²) in [6, 6.07) is 6.42. The average molecular weight is 395 g/mol. The molecule has 10 heteroatoms. The molecule has 6 nitrogen and oxygen atoms in total. The van der Waals surface area contributed by atoms with Gasteiger partial charge in [0, 0.05) is 18.5 Å². The van der Waals surface area contributed by atoms with Gasteiger partial charge in [-0.3, -0.25) is 9.78 Å². The Bertz CT molecular complexity index is 1040. The number of carbonyl (C=O) groups is 1. The fourth-order valence-corrected chi connectivity index (χ4v) is 3.10. The van der Waals surface area contributed by atoms with Crippen LogP contribution in [-0.4, -0.2) is 19.3 Å². The number of hydrogen-bond acceptors (Lipinski definition) is 5. The first-order chi connectivity index (χ1) is 12.5. The van der Waals surface area contributed by atoms with Crippen LogP contribution in [0.4, 0.5) is 13.2 Å². The first-order valence-electron chi connectivity index (χ1n) is 7.31. The van der Waals surface area contributed by atoms with E-state index in [-0.39, 0.29) is 0 Å². The van der Waals surface area contributed by atoms with Gasteiger partial charge >= 0.3 is 6.18 Å². The van der Waals surface area contributed by atoms with E-state index >= 15 is 0 Å². The first-order valence-corrected chi connectivity index (χ1v) is 8.80. The molecule has 0 radical (unpaired) electrons. The number of rotatable bonds is 4. The van der Waals surface area contributed by atoms with Crippen LogP contribution in [0.3, 0.4) is 0 Å². The van der Waals surface area contributed by atoms with Crippen molar-refractivity contribution in [1.29, 1.82) is 5.26 Å². The highest BCUT2D eigenvalue weighted by Crippen LogP contribution is 2.33. The Kier molecular flexibility index (Phi) is 5.66. The second-order valence-electron chi connectivity index (χ2n) is 5.35. The molecule has 1 amide bonds. The number of allylic oxidation sites excluding steroid dienone is 1. The monoisotopic (exact) mass is 395 g/mol. The zero-order chi connectivity index (χ0) is 20.2. The standard InChI is InChI=1S/C17H12F3N3O3S/c1-11(12-4-6-22-7-5-12)8-16(24)23-27(25,26)14-3-2-13(10-21)15(9-14)17(18,19)20/h2-9H,1H3,(H,23,24)/b11-8-. The predicted molar refractivity (Wildman–Crippen MR) is 89.4 cm³/mol. The molecule has 0 saturated carbocycles. The van der Waals surface area contributed by atoms with Gasteiger partial charge in [-0.25, -0.2) is 13.1 Å². The molecule has 0 saturated heterocycles. The summed E-state index contributed by atoms with van der Waals surface area (Å²) in [4.78, 5) is 15.0. The Morgan fingerprint density at radius 1 is 1.22 bits per heavy atom. The fraction of sp³-hybridized carbons (Fsp3) is 0.118. The average Bonchev–Trinajstić information content (AvgIpc) is 2.60. The van der Waals surface area contributed by atoms with Crippen LogP contribution in [0.1, 0.15) is 23.6 Å². The van der Waals surface area contributed by atoms with Gasteiger partial charge in [-0.05, 0) is 48.4 Å². The van der Waals surface area contributed by atoms with Crippen LogP contribution >= 0.6 is 0 Å².